The molecule has 0 saturated carbocycles. The number of allylic oxidation sites excluding steroid dienone is 1. The molecule has 1 aromatic heterocycles. The number of rotatable bonds is 6. The van der Waals surface area contributed by atoms with Crippen LogP contribution in [0, 0.1) is 0 Å². The van der Waals surface area contributed by atoms with Crippen LogP contribution >= 0.6 is 15.9 Å². The van der Waals surface area contributed by atoms with Crippen LogP contribution in [0.15, 0.2) is 70.2 Å². The molecule has 2 aromatic carbocycles. The lowest BCUT2D eigenvalue weighted by Gasteiger charge is -1.97. The Kier molecular flexibility index (Phi) is 6.00. The molecule has 0 aliphatic rings. The van der Waals surface area contributed by atoms with Crippen molar-refractivity contribution in [1.82, 2.24) is 25.6 Å². The van der Waals surface area contributed by atoms with Crippen LogP contribution in [0.1, 0.15) is 5.56 Å². The fourth-order valence-corrected chi connectivity index (χ4v) is 2.32. The van der Waals surface area contributed by atoms with Crippen LogP contribution < -0.4 is 5.43 Å². The quantitative estimate of drug-likeness (QED) is 0.499. The highest BCUT2D eigenvalue weighted by Gasteiger charge is 2.08. The molecule has 3 aromatic rings. The fourth-order valence-electron chi connectivity index (χ4n) is 2.06. The van der Waals surface area contributed by atoms with Gasteiger partial charge < -0.3 is 0 Å². The van der Waals surface area contributed by atoms with Crippen molar-refractivity contribution in [2.24, 2.45) is 5.10 Å². The molecule has 0 radical (unpaired) electrons. The van der Waals surface area contributed by atoms with Gasteiger partial charge in [0, 0.05) is 16.3 Å². The van der Waals surface area contributed by atoms with Gasteiger partial charge in [-0.2, -0.15) is 9.90 Å². The van der Waals surface area contributed by atoms with E-state index in [1.807, 2.05) is 60.7 Å². The SMILES string of the molecule is O=C(Cn1nnc(-c2ccccc2)n1)N/N=C\C=C\c1ccc(Br)cc1. The molecule has 1 amide bonds. The summed E-state index contributed by atoms with van der Waals surface area (Å²) in [6, 6.07) is 17.3. The molecule has 0 fully saturated rings. The van der Waals surface area contributed by atoms with E-state index in [1.165, 1.54) is 11.0 Å². The minimum atomic E-state index is -0.338. The van der Waals surface area contributed by atoms with E-state index in [2.05, 4.69) is 41.9 Å². The second-order valence-corrected chi connectivity index (χ2v) is 6.15. The Bertz CT molecular complexity index is 918. The summed E-state index contributed by atoms with van der Waals surface area (Å²) in [5.74, 6) is 0.134. The van der Waals surface area contributed by atoms with Crippen LogP contribution in [-0.4, -0.2) is 32.3 Å². The molecule has 0 spiro atoms. The van der Waals surface area contributed by atoms with Crippen molar-refractivity contribution in [2.45, 2.75) is 6.54 Å². The van der Waals surface area contributed by atoms with E-state index < -0.39 is 0 Å². The highest BCUT2D eigenvalue weighted by Crippen LogP contribution is 2.12. The second kappa shape index (κ2) is 8.82. The molecule has 1 heterocycles. The maximum absolute atomic E-state index is 11.8. The average Bonchev–Trinajstić information content (AvgIpc) is 3.12. The number of hydrazone groups is 1. The summed E-state index contributed by atoms with van der Waals surface area (Å²) in [7, 11) is 0. The Balaban J connectivity index is 1.48. The number of tetrazole rings is 1. The molecule has 0 aliphatic carbocycles. The highest BCUT2D eigenvalue weighted by atomic mass is 79.9. The average molecular weight is 411 g/mol. The summed E-state index contributed by atoms with van der Waals surface area (Å²) in [6.45, 7) is -0.0619. The number of aromatic nitrogens is 4. The van der Waals surface area contributed by atoms with E-state index in [0.717, 1.165) is 15.6 Å². The van der Waals surface area contributed by atoms with Crippen LogP contribution in [-0.2, 0) is 11.3 Å². The van der Waals surface area contributed by atoms with Crippen LogP contribution in [0.4, 0.5) is 0 Å². The first-order chi connectivity index (χ1) is 12.7. The van der Waals surface area contributed by atoms with Crippen molar-refractivity contribution in [3.8, 4) is 11.4 Å². The number of benzene rings is 2. The molecular weight excluding hydrogens is 396 g/mol. The molecule has 130 valence electrons. The van der Waals surface area contributed by atoms with Crippen LogP contribution in [0.5, 0.6) is 0 Å². The molecule has 8 heteroatoms. The number of nitrogens with zero attached hydrogens (tertiary/aromatic N) is 5. The Morgan fingerprint density at radius 2 is 1.92 bits per heavy atom. The molecular formula is C18H15BrN6O. The predicted molar refractivity (Wildman–Crippen MR) is 103 cm³/mol. The lowest BCUT2D eigenvalue weighted by molar-refractivity contribution is -0.122. The van der Waals surface area contributed by atoms with Crippen molar-refractivity contribution in [3.05, 3.63) is 70.7 Å². The first kappa shape index (κ1) is 17.7. The third kappa shape index (κ3) is 5.18. The molecule has 7 nitrogen and oxygen atoms in total. The normalized spacial score (nSPS) is 11.3. The summed E-state index contributed by atoms with van der Waals surface area (Å²) in [6.07, 6.45) is 5.13. The van der Waals surface area contributed by atoms with Crippen molar-refractivity contribution in [2.75, 3.05) is 0 Å². The predicted octanol–water partition coefficient (Wildman–Crippen LogP) is 2.92. The molecule has 0 saturated heterocycles. The maximum atomic E-state index is 11.8. The van der Waals surface area contributed by atoms with E-state index in [-0.39, 0.29) is 12.5 Å². The molecule has 0 atom stereocenters. The van der Waals surface area contributed by atoms with Gasteiger partial charge >= 0.3 is 0 Å². The first-order valence-electron chi connectivity index (χ1n) is 7.78. The van der Waals surface area contributed by atoms with Gasteiger partial charge in [0.1, 0.15) is 6.54 Å². The number of amides is 1. The summed E-state index contributed by atoms with van der Waals surface area (Å²) in [4.78, 5) is 13.1. The maximum Gasteiger partial charge on any atom is 0.263 e. The summed E-state index contributed by atoms with van der Waals surface area (Å²) in [5, 5.41) is 15.8. The fraction of sp³-hybridized carbons (Fsp3) is 0.0556. The van der Waals surface area contributed by atoms with Gasteiger partial charge in [-0.1, -0.05) is 64.5 Å². The van der Waals surface area contributed by atoms with Gasteiger partial charge in [-0.3, -0.25) is 4.79 Å². The van der Waals surface area contributed by atoms with Crippen LogP contribution in [0.3, 0.4) is 0 Å². The third-order valence-electron chi connectivity index (χ3n) is 3.28. The molecule has 3 rings (SSSR count). The molecule has 0 aliphatic heterocycles. The van der Waals surface area contributed by atoms with Gasteiger partial charge in [-0.15, -0.1) is 10.2 Å². The zero-order valence-electron chi connectivity index (χ0n) is 13.7. The standard InChI is InChI=1S/C18H15BrN6O/c19-16-10-8-14(9-11-16)5-4-12-20-21-17(26)13-25-23-18(22-24-25)15-6-2-1-3-7-15/h1-12H,13H2,(H,21,26)/b5-4+,20-12-. The van der Waals surface area contributed by atoms with Gasteiger partial charge in [-0.25, -0.2) is 5.43 Å². The van der Waals surface area contributed by atoms with Crippen LogP contribution in [0.2, 0.25) is 0 Å². The third-order valence-corrected chi connectivity index (χ3v) is 3.81. The molecule has 0 unspecified atom stereocenters. The van der Waals surface area contributed by atoms with E-state index >= 15 is 0 Å². The zero-order valence-corrected chi connectivity index (χ0v) is 15.2. The van der Waals surface area contributed by atoms with Gasteiger partial charge in [0.05, 0.1) is 0 Å². The number of hydrogen-bond donors (Lipinski definition) is 1. The van der Waals surface area contributed by atoms with Crippen LogP contribution in [0.25, 0.3) is 17.5 Å². The lowest BCUT2D eigenvalue weighted by atomic mass is 10.2. The van der Waals surface area contributed by atoms with Crippen molar-refractivity contribution in [3.63, 3.8) is 0 Å². The molecule has 1 N–H and O–H groups in total. The number of carbonyl (C=O) groups excluding carboxylic acids is 1. The molecule has 0 bridgehead atoms. The molecule has 26 heavy (non-hydrogen) atoms. The van der Waals surface area contributed by atoms with Gasteiger partial charge in [0.25, 0.3) is 5.91 Å². The first-order valence-corrected chi connectivity index (χ1v) is 8.57. The van der Waals surface area contributed by atoms with Crippen molar-refractivity contribution >= 4 is 34.1 Å². The number of hydrogen-bond acceptors (Lipinski definition) is 5. The topological polar surface area (TPSA) is 85.1 Å². The summed E-state index contributed by atoms with van der Waals surface area (Å²) >= 11 is 3.38. The zero-order chi connectivity index (χ0) is 18.2. The summed E-state index contributed by atoms with van der Waals surface area (Å²) in [5.41, 5.74) is 4.30. The van der Waals surface area contributed by atoms with Gasteiger partial charge in [0.15, 0.2) is 0 Å². The Labute approximate surface area is 158 Å². The van der Waals surface area contributed by atoms with Crippen molar-refractivity contribution < 1.29 is 4.79 Å². The van der Waals surface area contributed by atoms with E-state index in [1.54, 1.807) is 6.08 Å². The van der Waals surface area contributed by atoms with E-state index in [9.17, 15) is 4.79 Å². The lowest BCUT2D eigenvalue weighted by Crippen LogP contribution is -2.24. The number of carbonyl (C=O) groups is 1. The monoisotopic (exact) mass is 410 g/mol. The Hall–Kier alpha value is -3.13. The second-order valence-electron chi connectivity index (χ2n) is 5.23. The van der Waals surface area contributed by atoms with Crippen molar-refractivity contribution in [1.29, 1.82) is 0 Å². The Morgan fingerprint density at radius 3 is 2.69 bits per heavy atom. The highest BCUT2D eigenvalue weighted by molar-refractivity contribution is 9.10. The minimum absolute atomic E-state index is 0.0619. The van der Waals surface area contributed by atoms with E-state index in [4.69, 9.17) is 0 Å². The largest absolute Gasteiger partial charge is 0.271 e. The minimum Gasteiger partial charge on any atom is -0.271 e. The number of nitrogens with one attached hydrogen (secondary N) is 1. The van der Waals surface area contributed by atoms with Gasteiger partial charge in [-0.05, 0) is 29.0 Å². The number of halogens is 1. The summed E-state index contributed by atoms with van der Waals surface area (Å²) < 4.78 is 1.02. The smallest absolute Gasteiger partial charge is 0.263 e. The van der Waals surface area contributed by atoms with Gasteiger partial charge in [0.2, 0.25) is 5.82 Å². The van der Waals surface area contributed by atoms with E-state index in [0.29, 0.717) is 5.82 Å². The Morgan fingerprint density at radius 1 is 1.15 bits per heavy atom.